The molecule has 0 spiro atoms. The standard InChI is InChI=1S/C62H58F3N3O9/c1-38(2)58-57(61(73)66-46-12-7-4-8-13-46)56(40-10-5-3-6-11-40)60(42-18-24-44(64)25-19-42)67(58)35-34-49-36-50(37-55(72)76-49)77-54(71)15-9-14-53(70)75-48-30-20-41(21-31-48)59-51(32-33-52(69)39-16-22-43(63)23-17-39)62(74)68(59)47-28-26-45(65)27-29-47/h3-8,10-13,16-31,38,49-52,59,69H,9,14-15,32-37H2,1-2H3,(H,66,73)/t49?,50?,51-,52+,59-/m1/s1. The monoisotopic (exact) mass is 1050 g/mol. The van der Waals surface area contributed by atoms with E-state index < -0.39 is 65.6 Å². The van der Waals surface area contributed by atoms with Gasteiger partial charge in [0.05, 0.1) is 35.7 Å². The first kappa shape index (κ1) is 53.5. The SMILES string of the molecule is CC(C)c1c(C(=O)Nc2ccccc2)c(-c2ccccc2)c(-c2ccc(F)cc2)n1CCC1CC(OC(=O)CCCC(=O)Oc2ccc([C@@H]3[C@@H](CC[C@H](O)c4ccc(F)cc4)C(=O)N3c3ccc(F)cc3)cc2)CC(=O)O1. The van der Waals surface area contributed by atoms with Gasteiger partial charge < -0.3 is 34.1 Å². The Labute approximate surface area is 444 Å². The molecule has 12 nitrogen and oxygen atoms in total. The number of rotatable bonds is 20. The molecule has 0 bridgehead atoms. The normalized spacial score (nSPS) is 17.6. The second-order valence-electron chi connectivity index (χ2n) is 19.7. The Balaban J connectivity index is 0.821. The maximum absolute atomic E-state index is 14.5. The Hall–Kier alpha value is -8.30. The second kappa shape index (κ2) is 24.1. The van der Waals surface area contributed by atoms with Gasteiger partial charge in [0, 0.05) is 54.9 Å². The van der Waals surface area contributed by atoms with Crippen molar-refractivity contribution in [3.8, 4) is 28.1 Å². The van der Waals surface area contributed by atoms with E-state index in [0.717, 1.165) is 16.8 Å². The Kier molecular flexibility index (Phi) is 16.8. The third-order valence-corrected chi connectivity index (χ3v) is 14.0. The van der Waals surface area contributed by atoms with Gasteiger partial charge in [0.25, 0.3) is 5.91 Å². The van der Waals surface area contributed by atoms with Crippen molar-refractivity contribution in [1.29, 1.82) is 0 Å². The number of anilines is 2. The Morgan fingerprint density at radius 3 is 1.99 bits per heavy atom. The van der Waals surface area contributed by atoms with Crippen molar-refractivity contribution < 1.29 is 56.5 Å². The van der Waals surface area contributed by atoms with Gasteiger partial charge in [-0.1, -0.05) is 86.6 Å². The number of halogens is 3. The van der Waals surface area contributed by atoms with E-state index in [1.54, 1.807) is 41.3 Å². The van der Waals surface area contributed by atoms with Crippen LogP contribution in [0.15, 0.2) is 158 Å². The predicted molar refractivity (Wildman–Crippen MR) is 284 cm³/mol. The third kappa shape index (κ3) is 12.7. The molecule has 5 atom stereocenters. The Bertz CT molecular complexity index is 3200. The number of ether oxygens (including phenoxy) is 3. The molecule has 7 aromatic rings. The summed E-state index contributed by atoms with van der Waals surface area (Å²) in [7, 11) is 0. The van der Waals surface area contributed by atoms with Crippen molar-refractivity contribution in [3.63, 3.8) is 0 Å². The van der Waals surface area contributed by atoms with E-state index >= 15 is 0 Å². The number of aromatic nitrogens is 1. The van der Waals surface area contributed by atoms with Crippen molar-refractivity contribution in [3.05, 3.63) is 198 Å². The molecule has 2 aliphatic rings. The van der Waals surface area contributed by atoms with Crippen LogP contribution in [-0.2, 0) is 35.2 Å². The van der Waals surface area contributed by atoms with Gasteiger partial charge in [-0.05, 0) is 132 Å². The van der Waals surface area contributed by atoms with Crippen LogP contribution in [0.1, 0.15) is 110 Å². The zero-order chi connectivity index (χ0) is 54.2. The van der Waals surface area contributed by atoms with Crippen LogP contribution in [0.5, 0.6) is 5.75 Å². The summed E-state index contributed by atoms with van der Waals surface area (Å²) in [4.78, 5) is 68.9. The lowest BCUT2D eigenvalue weighted by Gasteiger charge is -2.48. The number of amides is 2. The first-order valence-electron chi connectivity index (χ1n) is 25.9. The van der Waals surface area contributed by atoms with E-state index in [2.05, 4.69) is 9.88 Å². The van der Waals surface area contributed by atoms with Crippen LogP contribution in [0.2, 0.25) is 0 Å². The highest BCUT2D eigenvalue weighted by atomic mass is 19.1. The van der Waals surface area contributed by atoms with Crippen molar-refractivity contribution in [2.24, 2.45) is 5.92 Å². The van der Waals surface area contributed by atoms with E-state index in [4.69, 9.17) is 14.2 Å². The Morgan fingerprint density at radius 2 is 1.34 bits per heavy atom. The van der Waals surface area contributed by atoms with Gasteiger partial charge in [0.2, 0.25) is 5.91 Å². The van der Waals surface area contributed by atoms with E-state index in [1.807, 2.05) is 74.5 Å². The second-order valence-corrected chi connectivity index (χ2v) is 19.7. The summed E-state index contributed by atoms with van der Waals surface area (Å²) in [5, 5.41) is 13.9. The number of aliphatic hydroxyl groups excluding tert-OH is 1. The molecule has 2 fully saturated rings. The summed E-state index contributed by atoms with van der Waals surface area (Å²) in [5.41, 5.74) is 6.41. The summed E-state index contributed by atoms with van der Waals surface area (Å²) in [5.74, 6) is -3.96. The lowest BCUT2D eigenvalue weighted by atomic mass is 9.78. The molecular weight excluding hydrogens is 988 g/mol. The van der Waals surface area contributed by atoms with E-state index in [-0.39, 0.29) is 62.0 Å². The smallest absolute Gasteiger partial charge is 0.311 e. The first-order valence-corrected chi connectivity index (χ1v) is 25.9. The lowest BCUT2D eigenvalue weighted by Crippen LogP contribution is -2.55. The fraction of sp³-hybridized carbons (Fsp3) is 0.274. The minimum atomic E-state index is -0.921. The molecule has 3 heterocycles. The molecule has 2 unspecified atom stereocenters. The molecule has 6 aromatic carbocycles. The number of nitrogens with one attached hydrogen (secondary N) is 1. The molecule has 0 radical (unpaired) electrons. The van der Waals surface area contributed by atoms with Crippen LogP contribution in [-0.4, -0.2) is 51.6 Å². The maximum Gasteiger partial charge on any atom is 0.311 e. The number of esters is 3. The molecule has 0 aliphatic carbocycles. The van der Waals surface area contributed by atoms with Crippen molar-refractivity contribution in [2.75, 3.05) is 10.2 Å². The third-order valence-electron chi connectivity index (χ3n) is 14.0. The highest BCUT2D eigenvalue weighted by Gasteiger charge is 2.48. The van der Waals surface area contributed by atoms with Gasteiger partial charge in [-0.15, -0.1) is 0 Å². The van der Waals surface area contributed by atoms with Crippen molar-refractivity contribution >= 4 is 41.1 Å². The number of para-hydroxylation sites is 1. The average molecular weight is 1050 g/mol. The molecule has 2 N–H and O–H groups in total. The quantitative estimate of drug-likeness (QED) is 0.0431. The molecular formula is C62H58F3N3O9. The van der Waals surface area contributed by atoms with Crippen molar-refractivity contribution in [2.45, 2.75) is 102 Å². The summed E-state index contributed by atoms with van der Waals surface area (Å²) >= 11 is 0. The van der Waals surface area contributed by atoms with E-state index in [9.17, 15) is 42.3 Å². The van der Waals surface area contributed by atoms with E-state index in [0.29, 0.717) is 58.7 Å². The number of carbonyl (C=O) groups excluding carboxylic acids is 5. The van der Waals surface area contributed by atoms with Gasteiger partial charge >= 0.3 is 17.9 Å². The topological polar surface area (TPSA) is 153 Å². The molecule has 396 valence electrons. The minimum Gasteiger partial charge on any atom is -0.462 e. The van der Waals surface area contributed by atoms with Crippen LogP contribution in [0, 0.1) is 23.4 Å². The van der Waals surface area contributed by atoms with Crippen molar-refractivity contribution in [1.82, 2.24) is 4.57 Å². The average Bonchev–Trinajstić information content (AvgIpc) is 3.81. The molecule has 15 heteroatoms. The fourth-order valence-electron chi connectivity index (χ4n) is 10.4. The Morgan fingerprint density at radius 1 is 0.727 bits per heavy atom. The lowest BCUT2D eigenvalue weighted by molar-refractivity contribution is -0.169. The molecule has 2 amide bonds. The summed E-state index contributed by atoms with van der Waals surface area (Å²) < 4.78 is 61.1. The predicted octanol–water partition coefficient (Wildman–Crippen LogP) is 12.6. The van der Waals surface area contributed by atoms with Crippen LogP contribution in [0.25, 0.3) is 22.4 Å². The summed E-state index contributed by atoms with van der Waals surface area (Å²) in [6.07, 6.45) is -1.52. The molecule has 77 heavy (non-hydrogen) atoms. The highest BCUT2D eigenvalue weighted by Crippen LogP contribution is 2.47. The van der Waals surface area contributed by atoms with E-state index in [1.165, 1.54) is 60.7 Å². The number of nitrogens with zero attached hydrogens (tertiary/aromatic N) is 2. The molecule has 9 rings (SSSR count). The number of benzene rings is 6. The molecule has 2 saturated heterocycles. The first-order chi connectivity index (χ1) is 37.2. The van der Waals surface area contributed by atoms with Gasteiger partial charge in [-0.2, -0.15) is 0 Å². The maximum atomic E-state index is 14.5. The number of hydrogen-bond donors (Lipinski definition) is 2. The molecule has 2 aliphatic heterocycles. The van der Waals surface area contributed by atoms with Gasteiger partial charge in [-0.3, -0.25) is 24.0 Å². The van der Waals surface area contributed by atoms with Gasteiger partial charge in [-0.25, -0.2) is 13.2 Å². The zero-order valence-corrected chi connectivity index (χ0v) is 42.6. The summed E-state index contributed by atoms with van der Waals surface area (Å²) in [6.45, 7) is 4.29. The highest BCUT2D eigenvalue weighted by molar-refractivity contribution is 6.12. The van der Waals surface area contributed by atoms with Crippen LogP contribution < -0.4 is 15.0 Å². The van der Waals surface area contributed by atoms with Crippen LogP contribution >= 0.6 is 0 Å². The number of aliphatic hydroxyl groups is 1. The number of β-lactam (4-membered cyclic amide) rings is 1. The van der Waals surface area contributed by atoms with Crippen LogP contribution in [0.4, 0.5) is 24.5 Å². The van der Waals surface area contributed by atoms with Gasteiger partial charge in [0.1, 0.15) is 35.4 Å². The van der Waals surface area contributed by atoms with Crippen LogP contribution in [0.3, 0.4) is 0 Å². The summed E-state index contributed by atoms with van der Waals surface area (Å²) in [6, 6.07) is 42.1. The zero-order valence-electron chi connectivity index (χ0n) is 42.6. The fourth-order valence-corrected chi connectivity index (χ4v) is 10.4. The minimum absolute atomic E-state index is 0.109. The number of cyclic esters (lactones) is 1. The van der Waals surface area contributed by atoms with Gasteiger partial charge in [0.15, 0.2) is 0 Å². The number of carbonyl (C=O) groups is 5. The largest absolute Gasteiger partial charge is 0.462 e. The number of hydrogen-bond acceptors (Lipinski definition) is 9. The molecule has 1 aromatic heterocycles. The molecule has 0 saturated carbocycles.